The summed E-state index contributed by atoms with van der Waals surface area (Å²) in [6.07, 6.45) is 4.04. The number of hydrogen-bond donors (Lipinski definition) is 1. The Labute approximate surface area is 128 Å². The van der Waals surface area contributed by atoms with Crippen LogP contribution in [0.3, 0.4) is 0 Å². The van der Waals surface area contributed by atoms with Crippen LogP contribution in [0.15, 0.2) is 30.3 Å². The van der Waals surface area contributed by atoms with Gasteiger partial charge >= 0.3 is 0 Å². The number of nitrogens with zero attached hydrogens (tertiary/aromatic N) is 1. The Kier molecular flexibility index (Phi) is 4.94. The van der Waals surface area contributed by atoms with Gasteiger partial charge in [-0.05, 0) is 25.3 Å². The highest BCUT2D eigenvalue weighted by molar-refractivity contribution is 5.21. The lowest BCUT2D eigenvalue weighted by molar-refractivity contribution is 0.0294. The molecule has 0 amide bonds. The van der Waals surface area contributed by atoms with E-state index in [0.717, 1.165) is 19.7 Å². The summed E-state index contributed by atoms with van der Waals surface area (Å²) in [6, 6.07) is 12.6. The molecule has 3 rings (SSSR count). The van der Waals surface area contributed by atoms with Crippen LogP contribution in [0.1, 0.15) is 44.7 Å². The average molecular weight is 288 g/mol. The molecule has 0 spiro atoms. The van der Waals surface area contributed by atoms with Crippen LogP contribution in [-0.4, -0.2) is 42.8 Å². The standard InChI is InChI=1S/C18H28N2O/c1-3-7-16-13-20(17-10-11-21-14(17)2)18(12-19-16)15-8-5-4-6-9-15/h4-6,8-9,14,16-19H,3,7,10-13H2,1-2H3. The van der Waals surface area contributed by atoms with Gasteiger partial charge in [0.2, 0.25) is 0 Å². The molecule has 1 N–H and O–H groups in total. The monoisotopic (exact) mass is 288 g/mol. The Balaban J connectivity index is 1.80. The largest absolute Gasteiger partial charge is 0.377 e. The molecule has 1 aromatic carbocycles. The first-order valence-electron chi connectivity index (χ1n) is 8.45. The summed E-state index contributed by atoms with van der Waals surface area (Å²) in [4.78, 5) is 2.71. The molecule has 0 saturated carbocycles. The maximum absolute atomic E-state index is 5.84. The summed E-state index contributed by atoms with van der Waals surface area (Å²) < 4.78 is 5.84. The van der Waals surface area contributed by atoms with E-state index < -0.39 is 0 Å². The number of nitrogens with one attached hydrogen (secondary N) is 1. The van der Waals surface area contributed by atoms with E-state index in [9.17, 15) is 0 Å². The van der Waals surface area contributed by atoms with Crippen LogP contribution in [0.5, 0.6) is 0 Å². The second-order valence-electron chi connectivity index (χ2n) is 6.45. The molecule has 0 aromatic heterocycles. The molecule has 116 valence electrons. The third kappa shape index (κ3) is 3.31. The van der Waals surface area contributed by atoms with E-state index in [-0.39, 0.29) is 0 Å². The summed E-state index contributed by atoms with van der Waals surface area (Å²) in [5, 5.41) is 3.75. The van der Waals surface area contributed by atoms with Crippen LogP contribution in [0, 0.1) is 0 Å². The Morgan fingerprint density at radius 2 is 2.10 bits per heavy atom. The SMILES string of the molecule is CCCC1CN(C2CCOC2C)C(c2ccccc2)CN1. The molecule has 0 radical (unpaired) electrons. The van der Waals surface area contributed by atoms with Gasteiger partial charge in [0.1, 0.15) is 0 Å². The molecule has 4 atom stereocenters. The van der Waals surface area contributed by atoms with E-state index in [4.69, 9.17) is 4.74 Å². The first-order valence-corrected chi connectivity index (χ1v) is 8.45. The summed E-state index contributed by atoms with van der Waals surface area (Å²) in [7, 11) is 0. The van der Waals surface area contributed by atoms with Crippen molar-refractivity contribution < 1.29 is 4.74 Å². The second kappa shape index (κ2) is 6.91. The molecular formula is C18H28N2O. The quantitative estimate of drug-likeness (QED) is 0.922. The first-order chi connectivity index (χ1) is 10.3. The zero-order valence-electron chi connectivity index (χ0n) is 13.3. The zero-order chi connectivity index (χ0) is 14.7. The fourth-order valence-corrected chi connectivity index (χ4v) is 3.89. The van der Waals surface area contributed by atoms with Gasteiger partial charge < -0.3 is 10.1 Å². The van der Waals surface area contributed by atoms with Crippen molar-refractivity contribution in [3.63, 3.8) is 0 Å². The minimum absolute atomic E-state index is 0.358. The fraction of sp³-hybridized carbons (Fsp3) is 0.667. The van der Waals surface area contributed by atoms with Gasteiger partial charge in [-0.1, -0.05) is 43.7 Å². The maximum Gasteiger partial charge on any atom is 0.0703 e. The van der Waals surface area contributed by atoms with Gasteiger partial charge in [-0.2, -0.15) is 0 Å². The van der Waals surface area contributed by atoms with Crippen LogP contribution in [0.4, 0.5) is 0 Å². The highest BCUT2D eigenvalue weighted by Gasteiger charge is 2.38. The van der Waals surface area contributed by atoms with Crippen molar-refractivity contribution in [3.8, 4) is 0 Å². The predicted octanol–water partition coefficient (Wildman–Crippen LogP) is 2.98. The average Bonchev–Trinajstić information content (AvgIpc) is 2.94. The predicted molar refractivity (Wildman–Crippen MR) is 86.4 cm³/mol. The van der Waals surface area contributed by atoms with Gasteiger partial charge in [0.25, 0.3) is 0 Å². The molecule has 21 heavy (non-hydrogen) atoms. The van der Waals surface area contributed by atoms with Crippen molar-refractivity contribution in [1.82, 2.24) is 10.2 Å². The third-order valence-corrected chi connectivity index (χ3v) is 5.02. The molecule has 2 saturated heterocycles. The summed E-state index contributed by atoms with van der Waals surface area (Å²) in [5.41, 5.74) is 1.43. The normalized spacial score (nSPS) is 34.2. The minimum Gasteiger partial charge on any atom is -0.377 e. The number of hydrogen-bond acceptors (Lipinski definition) is 3. The lowest BCUT2D eigenvalue weighted by Gasteiger charge is -2.44. The highest BCUT2D eigenvalue weighted by atomic mass is 16.5. The molecule has 2 aliphatic heterocycles. The third-order valence-electron chi connectivity index (χ3n) is 5.02. The minimum atomic E-state index is 0.358. The number of rotatable bonds is 4. The smallest absolute Gasteiger partial charge is 0.0703 e. The van der Waals surface area contributed by atoms with Gasteiger partial charge in [-0.25, -0.2) is 0 Å². The van der Waals surface area contributed by atoms with E-state index in [0.29, 0.717) is 24.2 Å². The number of benzene rings is 1. The molecule has 0 bridgehead atoms. The van der Waals surface area contributed by atoms with Crippen LogP contribution in [-0.2, 0) is 4.74 Å². The Morgan fingerprint density at radius 1 is 1.29 bits per heavy atom. The molecule has 3 heteroatoms. The van der Waals surface area contributed by atoms with E-state index in [1.54, 1.807) is 0 Å². The molecule has 4 unspecified atom stereocenters. The van der Waals surface area contributed by atoms with Crippen molar-refractivity contribution >= 4 is 0 Å². The van der Waals surface area contributed by atoms with Crippen molar-refractivity contribution in [3.05, 3.63) is 35.9 Å². The Hall–Kier alpha value is -0.900. The van der Waals surface area contributed by atoms with Crippen molar-refractivity contribution in [2.45, 2.75) is 57.3 Å². The van der Waals surface area contributed by atoms with E-state index in [1.165, 1.54) is 24.8 Å². The Bertz CT molecular complexity index is 436. The van der Waals surface area contributed by atoms with Crippen LogP contribution in [0.2, 0.25) is 0 Å². The molecule has 1 aromatic rings. The molecular weight excluding hydrogens is 260 g/mol. The molecule has 0 aliphatic carbocycles. The van der Waals surface area contributed by atoms with E-state index in [1.807, 2.05) is 0 Å². The maximum atomic E-state index is 5.84. The van der Waals surface area contributed by atoms with Crippen LogP contribution < -0.4 is 5.32 Å². The lowest BCUT2D eigenvalue weighted by atomic mass is 9.95. The van der Waals surface area contributed by atoms with E-state index >= 15 is 0 Å². The fourth-order valence-electron chi connectivity index (χ4n) is 3.89. The number of ether oxygens (including phenoxy) is 1. The summed E-state index contributed by atoms with van der Waals surface area (Å²) >= 11 is 0. The van der Waals surface area contributed by atoms with Gasteiger partial charge in [0, 0.05) is 37.8 Å². The van der Waals surface area contributed by atoms with Crippen molar-refractivity contribution in [2.24, 2.45) is 0 Å². The van der Waals surface area contributed by atoms with Gasteiger partial charge in [-0.3, -0.25) is 4.90 Å². The molecule has 2 fully saturated rings. The van der Waals surface area contributed by atoms with Gasteiger partial charge in [0.15, 0.2) is 0 Å². The number of piperazine rings is 1. The van der Waals surface area contributed by atoms with Crippen LogP contribution >= 0.6 is 0 Å². The zero-order valence-corrected chi connectivity index (χ0v) is 13.3. The van der Waals surface area contributed by atoms with Gasteiger partial charge in [0.05, 0.1) is 6.10 Å². The first kappa shape index (κ1) is 15.0. The Morgan fingerprint density at radius 3 is 2.76 bits per heavy atom. The van der Waals surface area contributed by atoms with Crippen LogP contribution in [0.25, 0.3) is 0 Å². The lowest BCUT2D eigenvalue weighted by Crippen LogP contribution is -2.56. The topological polar surface area (TPSA) is 24.5 Å². The summed E-state index contributed by atoms with van der Waals surface area (Å²) in [5.74, 6) is 0. The van der Waals surface area contributed by atoms with Crippen molar-refractivity contribution in [2.75, 3.05) is 19.7 Å². The molecule has 2 heterocycles. The second-order valence-corrected chi connectivity index (χ2v) is 6.45. The molecule has 2 aliphatic rings. The van der Waals surface area contributed by atoms with E-state index in [2.05, 4.69) is 54.4 Å². The van der Waals surface area contributed by atoms with Gasteiger partial charge in [-0.15, -0.1) is 0 Å². The molecule has 3 nitrogen and oxygen atoms in total. The summed E-state index contributed by atoms with van der Waals surface area (Å²) in [6.45, 7) is 7.62. The highest BCUT2D eigenvalue weighted by Crippen LogP contribution is 2.31. The van der Waals surface area contributed by atoms with Crippen molar-refractivity contribution in [1.29, 1.82) is 0 Å².